The van der Waals surface area contributed by atoms with Crippen LogP contribution in [0.3, 0.4) is 0 Å². The smallest absolute Gasteiger partial charge is 0.321 e. The highest BCUT2D eigenvalue weighted by atomic mass is 32.2. The molecule has 3 amide bonds. The number of H-pyrrole nitrogens is 1. The fourth-order valence-electron chi connectivity index (χ4n) is 1.41. The molecular formula is C12H15N5O2S2. The van der Waals surface area contributed by atoms with Gasteiger partial charge in [-0.05, 0) is 17.9 Å². The van der Waals surface area contributed by atoms with E-state index in [1.165, 1.54) is 11.8 Å². The summed E-state index contributed by atoms with van der Waals surface area (Å²) in [4.78, 5) is 28.1. The lowest BCUT2D eigenvalue weighted by atomic mass is 10.4. The van der Waals surface area contributed by atoms with Crippen LogP contribution >= 0.6 is 23.1 Å². The number of thiophene rings is 1. The third kappa shape index (κ3) is 4.87. The number of aromatic amines is 1. The second-order valence-corrected chi connectivity index (χ2v) is 5.93. The number of nitrogens with one attached hydrogen (secondary N) is 3. The van der Waals surface area contributed by atoms with Crippen LogP contribution in [0.25, 0.3) is 10.7 Å². The summed E-state index contributed by atoms with van der Waals surface area (Å²) in [6.45, 7) is 2.48. The van der Waals surface area contributed by atoms with Gasteiger partial charge in [0, 0.05) is 6.54 Å². The molecule has 0 radical (unpaired) electrons. The zero-order chi connectivity index (χ0) is 15.1. The first-order valence-corrected chi connectivity index (χ1v) is 8.22. The summed E-state index contributed by atoms with van der Waals surface area (Å²) in [7, 11) is 0. The highest BCUT2D eigenvalue weighted by molar-refractivity contribution is 7.99. The van der Waals surface area contributed by atoms with Gasteiger partial charge in [-0.1, -0.05) is 24.8 Å². The third-order valence-electron chi connectivity index (χ3n) is 2.34. The van der Waals surface area contributed by atoms with Crippen LogP contribution in [0, 0.1) is 0 Å². The number of carbonyl (C=O) groups is 2. The van der Waals surface area contributed by atoms with E-state index >= 15 is 0 Å². The van der Waals surface area contributed by atoms with Crippen LogP contribution < -0.4 is 10.6 Å². The van der Waals surface area contributed by atoms with E-state index in [0.717, 1.165) is 11.3 Å². The Kier molecular flexibility index (Phi) is 5.76. The Morgan fingerprint density at radius 2 is 2.33 bits per heavy atom. The number of hydrogen-bond acceptors (Lipinski definition) is 6. The highest BCUT2D eigenvalue weighted by Crippen LogP contribution is 2.22. The highest BCUT2D eigenvalue weighted by Gasteiger charge is 2.11. The molecule has 21 heavy (non-hydrogen) atoms. The summed E-state index contributed by atoms with van der Waals surface area (Å²) < 4.78 is 0. The van der Waals surface area contributed by atoms with Crippen LogP contribution in [0.5, 0.6) is 0 Å². The molecule has 0 unspecified atom stereocenters. The maximum atomic E-state index is 11.6. The SMILES string of the molecule is CCCNC(=O)NC(=O)CSc1n[nH]c(-c2cccs2)n1. The zero-order valence-corrected chi connectivity index (χ0v) is 13.0. The van der Waals surface area contributed by atoms with E-state index in [-0.39, 0.29) is 11.7 Å². The molecule has 2 heterocycles. The van der Waals surface area contributed by atoms with E-state index in [4.69, 9.17) is 0 Å². The van der Waals surface area contributed by atoms with Gasteiger partial charge >= 0.3 is 6.03 Å². The summed E-state index contributed by atoms with van der Waals surface area (Å²) in [5.41, 5.74) is 0. The molecule has 0 atom stereocenters. The second kappa shape index (κ2) is 7.79. The standard InChI is InChI=1S/C12H15N5O2S2/c1-2-5-13-11(19)14-9(18)7-21-12-15-10(16-17-12)8-4-3-6-20-8/h3-4,6H,2,5,7H2,1H3,(H,15,16,17)(H2,13,14,18,19). The molecule has 0 aliphatic rings. The molecule has 0 aliphatic heterocycles. The van der Waals surface area contributed by atoms with E-state index in [1.54, 1.807) is 11.3 Å². The van der Waals surface area contributed by atoms with Crippen LogP contribution in [0.4, 0.5) is 4.79 Å². The van der Waals surface area contributed by atoms with Crippen LogP contribution in [-0.4, -0.2) is 39.4 Å². The van der Waals surface area contributed by atoms with E-state index in [0.29, 0.717) is 17.5 Å². The van der Waals surface area contributed by atoms with Crippen LogP contribution in [0.1, 0.15) is 13.3 Å². The fraction of sp³-hybridized carbons (Fsp3) is 0.333. The molecule has 0 aliphatic carbocycles. The van der Waals surface area contributed by atoms with E-state index in [2.05, 4.69) is 25.8 Å². The summed E-state index contributed by atoms with van der Waals surface area (Å²) in [6.07, 6.45) is 0.818. The van der Waals surface area contributed by atoms with E-state index < -0.39 is 6.03 Å². The predicted molar refractivity (Wildman–Crippen MR) is 82.3 cm³/mol. The zero-order valence-electron chi connectivity index (χ0n) is 11.4. The lowest BCUT2D eigenvalue weighted by Crippen LogP contribution is -2.40. The molecule has 2 aromatic rings. The molecule has 3 N–H and O–H groups in total. The Balaban J connectivity index is 1.78. The van der Waals surface area contributed by atoms with Crippen molar-refractivity contribution in [3.63, 3.8) is 0 Å². The molecular weight excluding hydrogens is 310 g/mol. The molecule has 0 fully saturated rings. The Morgan fingerprint density at radius 1 is 1.48 bits per heavy atom. The minimum absolute atomic E-state index is 0.0846. The lowest BCUT2D eigenvalue weighted by Gasteiger charge is -2.04. The predicted octanol–water partition coefficient (Wildman–Crippen LogP) is 1.86. The van der Waals surface area contributed by atoms with Gasteiger partial charge in [0.15, 0.2) is 5.82 Å². The number of imide groups is 1. The van der Waals surface area contributed by atoms with Crippen molar-refractivity contribution in [2.45, 2.75) is 18.5 Å². The Morgan fingerprint density at radius 3 is 3.05 bits per heavy atom. The molecule has 0 saturated carbocycles. The summed E-state index contributed by atoms with van der Waals surface area (Å²) in [5, 5.41) is 14.1. The number of rotatable bonds is 6. The molecule has 0 bridgehead atoms. The molecule has 0 spiro atoms. The molecule has 0 aromatic carbocycles. The molecule has 0 saturated heterocycles. The van der Waals surface area contributed by atoms with Crippen molar-refractivity contribution >= 4 is 35.0 Å². The Hall–Kier alpha value is -1.87. The Bertz CT molecular complexity index is 597. The average molecular weight is 325 g/mol. The molecule has 7 nitrogen and oxygen atoms in total. The van der Waals surface area contributed by atoms with E-state index in [9.17, 15) is 9.59 Å². The third-order valence-corrected chi connectivity index (χ3v) is 4.06. The van der Waals surface area contributed by atoms with Crippen molar-refractivity contribution in [2.75, 3.05) is 12.3 Å². The summed E-state index contributed by atoms with van der Waals surface area (Å²) in [6, 6.07) is 3.39. The van der Waals surface area contributed by atoms with Gasteiger partial charge in [0.1, 0.15) is 0 Å². The fourth-order valence-corrected chi connectivity index (χ4v) is 2.67. The number of carbonyl (C=O) groups excluding carboxylic acids is 2. The lowest BCUT2D eigenvalue weighted by molar-refractivity contribution is -0.117. The molecule has 9 heteroatoms. The number of amides is 3. The van der Waals surface area contributed by atoms with Gasteiger partial charge in [0.05, 0.1) is 10.6 Å². The van der Waals surface area contributed by atoms with Crippen molar-refractivity contribution in [2.24, 2.45) is 0 Å². The van der Waals surface area contributed by atoms with Gasteiger partial charge in [0.2, 0.25) is 11.1 Å². The van der Waals surface area contributed by atoms with Crippen LogP contribution in [0.2, 0.25) is 0 Å². The number of nitrogens with zero attached hydrogens (tertiary/aromatic N) is 2. The van der Waals surface area contributed by atoms with Crippen molar-refractivity contribution in [1.82, 2.24) is 25.8 Å². The molecule has 2 aromatic heterocycles. The normalized spacial score (nSPS) is 10.3. The van der Waals surface area contributed by atoms with Gasteiger partial charge in [0.25, 0.3) is 0 Å². The van der Waals surface area contributed by atoms with Gasteiger partial charge in [-0.2, -0.15) is 0 Å². The second-order valence-electron chi connectivity index (χ2n) is 4.04. The number of urea groups is 1. The maximum absolute atomic E-state index is 11.6. The van der Waals surface area contributed by atoms with Gasteiger partial charge in [-0.3, -0.25) is 15.2 Å². The maximum Gasteiger partial charge on any atom is 0.321 e. The number of aromatic nitrogens is 3. The largest absolute Gasteiger partial charge is 0.338 e. The summed E-state index contributed by atoms with van der Waals surface area (Å²) in [5.74, 6) is 0.381. The monoisotopic (exact) mass is 325 g/mol. The van der Waals surface area contributed by atoms with Gasteiger partial charge in [-0.15, -0.1) is 16.4 Å². The number of hydrogen-bond donors (Lipinski definition) is 3. The Labute approximate surface area is 129 Å². The first kappa shape index (κ1) is 15.5. The van der Waals surface area contributed by atoms with Crippen molar-refractivity contribution in [3.8, 4) is 10.7 Å². The summed E-state index contributed by atoms with van der Waals surface area (Å²) >= 11 is 2.73. The first-order valence-electron chi connectivity index (χ1n) is 6.35. The molecule has 2 rings (SSSR count). The van der Waals surface area contributed by atoms with Crippen molar-refractivity contribution < 1.29 is 9.59 Å². The minimum atomic E-state index is -0.475. The van der Waals surface area contributed by atoms with Crippen LogP contribution in [0.15, 0.2) is 22.7 Å². The quantitative estimate of drug-likeness (QED) is 0.704. The van der Waals surface area contributed by atoms with Crippen LogP contribution in [-0.2, 0) is 4.79 Å². The first-order chi connectivity index (χ1) is 10.2. The average Bonchev–Trinajstić information content (AvgIpc) is 3.13. The number of thioether (sulfide) groups is 1. The van der Waals surface area contributed by atoms with Crippen molar-refractivity contribution in [3.05, 3.63) is 17.5 Å². The van der Waals surface area contributed by atoms with Crippen molar-refractivity contribution in [1.29, 1.82) is 0 Å². The van der Waals surface area contributed by atoms with Gasteiger partial charge in [-0.25, -0.2) is 9.78 Å². The minimum Gasteiger partial charge on any atom is -0.338 e. The van der Waals surface area contributed by atoms with Gasteiger partial charge < -0.3 is 5.32 Å². The topological polar surface area (TPSA) is 99.8 Å². The van der Waals surface area contributed by atoms with E-state index in [1.807, 2.05) is 24.4 Å². The molecule has 112 valence electrons.